The third-order valence-corrected chi connectivity index (χ3v) is 11.2. The standard InChI is InChI=1S/C35H57NO7/c1-6-7-8-9-10-11-12-13-14-15-16-17-18-19-24-36-26-22-20-25(21-23-26)27(37)32(39)29(33(40)28(38)30(33,2)3)43-35(42)31(4,5)34(32,35)41/h20-23,28-29,36,38-42H,6-19,24H2,1-5H3/t28?,29-,32-,33+,34+,35?/m0/s1. The van der Waals surface area contributed by atoms with E-state index in [4.69, 9.17) is 4.74 Å². The number of aliphatic hydroxyl groups is 5. The summed E-state index contributed by atoms with van der Waals surface area (Å²) < 4.78 is 5.71. The summed E-state index contributed by atoms with van der Waals surface area (Å²) >= 11 is 0. The van der Waals surface area contributed by atoms with Crippen molar-refractivity contribution in [1.29, 1.82) is 0 Å². The molecule has 0 aromatic heterocycles. The first-order valence-corrected chi connectivity index (χ1v) is 16.8. The molecule has 6 atom stereocenters. The highest BCUT2D eigenvalue weighted by atomic mass is 16.7. The maximum absolute atomic E-state index is 13.8. The van der Waals surface area contributed by atoms with Gasteiger partial charge in [-0.1, -0.05) is 118 Å². The van der Waals surface area contributed by atoms with Gasteiger partial charge in [0.1, 0.15) is 11.7 Å². The number of carbonyl (C=O) groups is 1. The zero-order chi connectivity index (χ0) is 31.7. The van der Waals surface area contributed by atoms with Crippen molar-refractivity contribution in [3.63, 3.8) is 0 Å². The second-order valence-corrected chi connectivity index (χ2v) is 14.6. The zero-order valence-corrected chi connectivity index (χ0v) is 27.1. The number of unbranched alkanes of at least 4 members (excludes halogenated alkanes) is 13. The fourth-order valence-corrected chi connectivity index (χ4v) is 7.63. The molecule has 1 aromatic carbocycles. The summed E-state index contributed by atoms with van der Waals surface area (Å²) in [6, 6.07) is 6.59. The summed E-state index contributed by atoms with van der Waals surface area (Å²) in [4.78, 5) is 13.8. The lowest BCUT2D eigenvalue weighted by molar-refractivity contribution is -0.218. The number of Topliss-reactive ketones (excluding diaryl/α,β-unsaturated/α-hetero) is 1. The van der Waals surface area contributed by atoms with Gasteiger partial charge < -0.3 is 35.6 Å². The predicted octanol–water partition coefficient (Wildman–Crippen LogP) is 5.48. The Labute approximate surface area is 258 Å². The Hall–Kier alpha value is -1.55. The lowest BCUT2D eigenvalue weighted by atomic mass is 9.74. The van der Waals surface area contributed by atoms with Crippen LogP contribution >= 0.6 is 0 Å². The molecule has 2 aliphatic carbocycles. The molecule has 1 saturated heterocycles. The maximum Gasteiger partial charge on any atom is 0.208 e. The molecule has 2 unspecified atom stereocenters. The second kappa shape index (κ2) is 12.7. The van der Waals surface area contributed by atoms with Gasteiger partial charge in [0.25, 0.3) is 0 Å². The summed E-state index contributed by atoms with van der Waals surface area (Å²) in [5.41, 5.74) is -8.63. The highest BCUT2D eigenvalue weighted by Crippen LogP contribution is 2.78. The number of fused-ring (bicyclic) bond motifs is 1. The predicted molar refractivity (Wildman–Crippen MR) is 168 cm³/mol. The van der Waals surface area contributed by atoms with E-state index in [0.29, 0.717) is 0 Å². The van der Waals surface area contributed by atoms with Gasteiger partial charge in [0, 0.05) is 23.2 Å². The summed E-state index contributed by atoms with van der Waals surface area (Å²) in [5.74, 6) is -3.12. The van der Waals surface area contributed by atoms with Crippen LogP contribution in [0, 0.1) is 10.8 Å². The molecule has 8 heteroatoms. The van der Waals surface area contributed by atoms with E-state index in [-0.39, 0.29) is 5.56 Å². The zero-order valence-electron chi connectivity index (χ0n) is 27.1. The number of hydrogen-bond donors (Lipinski definition) is 6. The highest BCUT2D eigenvalue weighted by Gasteiger charge is 3.01. The van der Waals surface area contributed by atoms with Crippen LogP contribution in [-0.2, 0) is 4.74 Å². The molecule has 6 N–H and O–H groups in total. The number of nitrogens with one attached hydrogen (secondary N) is 1. The van der Waals surface area contributed by atoms with E-state index in [1.165, 1.54) is 90.9 Å². The van der Waals surface area contributed by atoms with E-state index in [0.717, 1.165) is 25.1 Å². The molecule has 0 radical (unpaired) electrons. The van der Waals surface area contributed by atoms with E-state index in [2.05, 4.69) is 12.2 Å². The van der Waals surface area contributed by atoms with Crippen molar-refractivity contribution in [2.24, 2.45) is 10.8 Å². The van der Waals surface area contributed by atoms with Crippen molar-refractivity contribution in [1.82, 2.24) is 0 Å². The fourth-order valence-electron chi connectivity index (χ4n) is 7.63. The van der Waals surface area contributed by atoms with Crippen LogP contribution < -0.4 is 5.32 Å². The number of anilines is 1. The minimum atomic E-state index is -2.68. The van der Waals surface area contributed by atoms with Crippen molar-refractivity contribution in [3.05, 3.63) is 29.8 Å². The van der Waals surface area contributed by atoms with Crippen LogP contribution in [0.15, 0.2) is 24.3 Å². The average molecular weight is 604 g/mol. The summed E-state index contributed by atoms with van der Waals surface area (Å²) in [7, 11) is 0. The van der Waals surface area contributed by atoms with Gasteiger partial charge in [-0.2, -0.15) is 0 Å². The first kappa shape index (κ1) is 34.3. The molecule has 2 saturated carbocycles. The first-order valence-electron chi connectivity index (χ1n) is 16.8. The Kier molecular flexibility index (Phi) is 10.1. The van der Waals surface area contributed by atoms with Crippen LogP contribution in [0.25, 0.3) is 0 Å². The Morgan fingerprint density at radius 3 is 1.65 bits per heavy atom. The molecule has 3 aliphatic rings. The number of ether oxygens (including phenoxy) is 1. The van der Waals surface area contributed by atoms with E-state index in [1.807, 2.05) is 0 Å². The fraction of sp³-hybridized carbons (Fsp3) is 0.800. The lowest BCUT2D eigenvalue weighted by Crippen LogP contribution is -2.64. The van der Waals surface area contributed by atoms with E-state index in [9.17, 15) is 30.3 Å². The minimum Gasteiger partial charge on any atom is -0.389 e. The van der Waals surface area contributed by atoms with Crippen molar-refractivity contribution >= 4 is 11.5 Å². The molecule has 3 fully saturated rings. The van der Waals surface area contributed by atoms with E-state index < -0.39 is 51.4 Å². The van der Waals surface area contributed by atoms with Crippen molar-refractivity contribution < 1.29 is 35.1 Å². The number of hydrogen-bond acceptors (Lipinski definition) is 8. The quantitative estimate of drug-likeness (QED) is 0.0902. The van der Waals surface area contributed by atoms with Crippen molar-refractivity contribution in [3.8, 4) is 0 Å². The molecule has 1 heterocycles. The van der Waals surface area contributed by atoms with Crippen LogP contribution in [0.4, 0.5) is 5.69 Å². The Morgan fingerprint density at radius 1 is 0.767 bits per heavy atom. The SMILES string of the molecule is CCCCCCCCCCCCCCCCNc1ccc(C(=O)[C@]2(O)[C@@H]([C@]3(O)C(O)C3(C)C)OC3(O)C(C)(C)[C@]32O)cc1. The van der Waals surface area contributed by atoms with E-state index >= 15 is 0 Å². The minimum absolute atomic E-state index is 0.107. The number of ketones is 1. The molecule has 1 aromatic rings. The molecule has 0 amide bonds. The van der Waals surface area contributed by atoms with Crippen LogP contribution in [0.1, 0.15) is 135 Å². The van der Waals surface area contributed by atoms with E-state index in [1.54, 1.807) is 38.1 Å². The van der Waals surface area contributed by atoms with Crippen LogP contribution in [0.3, 0.4) is 0 Å². The van der Waals surface area contributed by atoms with Gasteiger partial charge in [0.2, 0.25) is 5.79 Å². The van der Waals surface area contributed by atoms with Crippen LogP contribution in [0.5, 0.6) is 0 Å². The third kappa shape index (κ3) is 5.38. The summed E-state index contributed by atoms with van der Waals surface area (Å²) in [5, 5.41) is 59.7. The summed E-state index contributed by atoms with van der Waals surface area (Å²) in [6.07, 6.45) is 15.3. The van der Waals surface area contributed by atoms with Gasteiger partial charge in [0.05, 0.1) is 11.5 Å². The molecular formula is C35H57NO7. The molecular weight excluding hydrogens is 546 g/mol. The molecule has 0 spiro atoms. The van der Waals surface area contributed by atoms with Gasteiger partial charge in [-0.25, -0.2) is 0 Å². The molecule has 0 bridgehead atoms. The number of rotatable bonds is 19. The molecule has 8 nitrogen and oxygen atoms in total. The third-order valence-electron chi connectivity index (χ3n) is 11.2. The van der Waals surface area contributed by atoms with Gasteiger partial charge >= 0.3 is 0 Å². The molecule has 4 rings (SSSR count). The van der Waals surface area contributed by atoms with Crippen molar-refractivity contribution in [2.45, 2.75) is 159 Å². The Bertz CT molecular complexity index is 1110. The van der Waals surface area contributed by atoms with Crippen LogP contribution in [-0.4, -0.2) is 72.7 Å². The second-order valence-electron chi connectivity index (χ2n) is 14.6. The van der Waals surface area contributed by atoms with Crippen molar-refractivity contribution in [2.75, 3.05) is 11.9 Å². The molecule has 244 valence electrons. The molecule has 43 heavy (non-hydrogen) atoms. The van der Waals surface area contributed by atoms with Gasteiger partial charge in [-0.3, -0.25) is 4.79 Å². The lowest BCUT2D eigenvalue weighted by Gasteiger charge is -2.39. The first-order chi connectivity index (χ1) is 20.2. The topological polar surface area (TPSA) is 139 Å². The number of aliphatic hydroxyl groups excluding tert-OH is 1. The van der Waals surface area contributed by atoms with Gasteiger partial charge in [-0.05, 0) is 30.7 Å². The Morgan fingerprint density at radius 2 is 1.21 bits per heavy atom. The normalized spacial score (nSPS) is 35.0. The Balaban J connectivity index is 1.21. The molecule has 1 aliphatic heterocycles. The maximum atomic E-state index is 13.8. The largest absolute Gasteiger partial charge is 0.389 e. The van der Waals surface area contributed by atoms with Gasteiger partial charge in [0.15, 0.2) is 17.0 Å². The summed E-state index contributed by atoms with van der Waals surface area (Å²) in [6.45, 7) is 9.21. The highest BCUT2D eigenvalue weighted by molar-refractivity contribution is 6.05. The monoisotopic (exact) mass is 603 g/mol. The van der Waals surface area contributed by atoms with Crippen LogP contribution in [0.2, 0.25) is 0 Å². The number of carbonyl (C=O) groups excluding carboxylic acids is 1. The average Bonchev–Trinajstić information content (AvgIpc) is 3.48. The number of benzene rings is 1. The van der Waals surface area contributed by atoms with Gasteiger partial charge in [-0.15, -0.1) is 0 Å². The smallest absolute Gasteiger partial charge is 0.208 e.